The third-order valence-electron chi connectivity index (χ3n) is 3.82. The van der Waals surface area contributed by atoms with Gasteiger partial charge in [-0.15, -0.1) is 0 Å². The van der Waals surface area contributed by atoms with Crippen molar-refractivity contribution in [2.45, 2.75) is 13.5 Å². The van der Waals surface area contributed by atoms with E-state index in [9.17, 15) is 4.79 Å². The second kappa shape index (κ2) is 8.22. The molecule has 0 aliphatic rings. The summed E-state index contributed by atoms with van der Waals surface area (Å²) in [4.78, 5) is 16.2. The second-order valence-electron chi connectivity index (χ2n) is 5.76. The number of anilines is 1. The summed E-state index contributed by atoms with van der Waals surface area (Å²) >= 11 is 0. The van der Waals surface area contributed by atoms with Gasteiger partial charge in [-0.3, -0.25) is 0 Å². The Morgan fingerprint density at radius 1 is 1.07 bits per heavy atom. The van der Waals surface area contributed by atoms with E-state index in [1.54, 1.807) is 32.4 Å². The van der Waals surface area contributed by atoms with Crippen molar-refractivity contribution in [3.05, 3.63) is 53.9 Å². The Kier molecular flexibility index (Phi) is 5.55. The number of carbonyl (C=O) groups is 1. The van der Waals surface area contributed by atoms with Crippen molar-refractivity contribution in [2.75, 3.05) is 19.5 Å². The second-order valence-corrected chi connectivity index (χ2v) is 5.76. The zero-order chi connectivity index (χ0) is 19.2. The predicted octanol–water partition coefficient (Wildman–Crippen LogP) is 3.38. The number of nitrogens with zero attached hydrogens (tertiary/aromatic N) is 2. The molecule has 0 saturated carbocycles. The van der Waals surface area contributed by atoms with Crippen LogP contribution in [-0.4, -0.2) is 30.4 Å². The molecular weight excluding hydrogens is 348 g/mol. The van der Waals surface area contributed by atoms with Crippen LogP contribution in [0.4, 0.5) is 10.5 Å². The zero-order valence-corrected chi connectivity index (χ0v) is 15.3. The van der Waals surface area contributed by atoms with Crippen LogP contribution in [0.1, 0.15) is 11.5 Å². The lowest BCUT2D eigenvalue weighted by Crippen LogP contribution is -2.28. The van der Waals surface area contributed by atoms with E-state index in [1.165, 1.54) is 0 Å². The van der Waals surface area contributed by atoms with Crippen LogP contribution in [0.25, 0.3) is 11.4 Å². The number of methoxy groups -OCH3 is 2. The van der Waals surface area contributed by atoms with E-state index in [0.717, 1.165) is 5.56 Å². The first-order valence-electron chi connectivity index (χ1n) is 8.25. The summed E-state index contributed by atoms with van der Waals surface area (Å²) in [6, 6.07) is 12.5. The van der Waals surface area contributed by atoms with E-state index >= 15 is 0 Å². The lowest BCUT2D eigenvalue weighted by atomic mass is 10.2. The van der Waals surface area contributed by atoms with Gasteiger partial charge in [0.25, 0.3) is 0 Å². The van der Waals surface area contributed by atoms with Crippen LogP contribution in [0.2, 0.25) is 0 Å². The molecule has 27 heavy (non-hydrogen) atoms. The van der Waals surface area contributed by atoms with Gasteiger partial charge in [-0.05, 0) is 37.3 Å². The van der Waals surface area contributed by atoms with Crippen molar-refractivity contribution >= 4 is 11.7 Å². The van der Waals surface area contributed by atoms with E-state index in [-0.39, 0.29) is 12.6 Å². The molecule has 0 fully saturated rings. The number of benzene rings is 2. The first-order chi connectivity index (χ1) is 13.1. The molecule has 140 valence electrons. The molecule has 0 spiro atoms. The molecule has 3 rings (SSSR count). The van der Waals surface area contributed by atoms with Crippen LogP contribution in [0, 0.1) is 6.92 Å². The number of urea groups is 1. The zero-order valence-electron chi connectivity index (χ0n) is 15.3. The standard InChI is InChI=1S/C19H20N4O4/c1-12-4-7-14(8-5-12)21-19(24)20-11-17-22-18(23-27-17)13-6-9-15(25-2)16(10-13)26-3/h4-10H,11H2,1-3H3,(H2,20,21,24). The fourth-order valence-electron chi connectivity index (χ4n) is 2.39. The highest BCUT2D eigenvalue weighted by Gasteiger charge is 2.13. The minimum Gasteiger partial charge on any atom is -0.493 e. The minimum atomic E-state index is -0.357. The van der Waals surface area contributed by atoms with Gasteiger partial charge < -0.3 is 24.6 Å². The summed E-state index contributed by atoms with van der Waals surface area (Å²) in [5, 5.41) is 9.35. The molecule has 0 aliphatic heterocycles. The number of amides is 2. The quantitative estimate of drug-likeness (QED) is 0.692. The number of nitrogens with one attached hydrogen (secondary N) is 2. The average Bonchev–Trinajstić information content (AvgIpc) is 3.16. The van der Waals surface area contributed by atoms with Crippen molar-refractivity contribution in [1.29, 1.82) is 0 Å². The molecule has 2 aromatic carbocycles. The van der Waals surface area contributed by atoms with Crippen LogP contribution in [0.15, 0.2) is 47.0 Å². The fraction of sp³-hybridized carbons (Fsp3) is 0.211. The van der Waals surface area contributed by atoms with Gasteiger partial charge in [0.05, 0.1) is 20.8 Å². The molecule has 0 bridgehead atoms. The van der Waals surface area contributed by atoms with Crippen molar-refractivity contribution in [3.8, 4) is 22.9 Å². The monoisotopic (exact) mass is 368 g/mol. The van der Waals surface area contributed by atoms with Gasteiger partial charge in [0, 0.05) is 11.3 Å². The van der Waals surface area contributed by atoms with E-state index < -0.39 is 0 Å². The van der Waals surface area contributed by atoms with Crippen molar-refractivity contribution in [3.63, 3.8) is 0 Å². The maximum Gasteiger partial charge on any atom is 0.319 e. The Bertz CT molecular complexity index is 922. The van der Waals surface area contributed by atoms with Crippen LogP contribution < -0.4 is 20.1 Å². The topological polar surface area (TPSA) is 98.5 Å². The van der Waals surface area contributed by atoms with Crippen molar-refractivity contribution in [1.82, 2.24) is 15.5 Å². The smallest absolute Gasteiger partial charge is 0.319 e. The molecule has 1 heterocycles. The van der Waals surface area contributed by atoms with E-state index in [0.29, 0.717) is 34.5 Å². The molecule has 8 heteroatoms. The molecule has 0 aliphatic carbocycles. The van der Waals surface area contributed by atoms with Gasteiger partial charge >= 0.3 is 6.03 Å². The van der Waals surface area contributed by atoms with Gasteiger partial charge in [0.1, 0.15) is 0 Å². The summed E-state index contributed by atoms with van der Waals surface area (Å²) in [6.45, 7) is 2.09. The summed E-state index contributed by atoms with van der Waals surface area (Å²) < 4.78 is 15.7. The average molecular weight is 368 g/mol. The molecular formula is C19H20N4O4. The third kappa shape index (κ3) is 4.55. The number of hydrogen-bond donors (Lipinski definition) is 2. The number of carbonyl (C=O) groups excluding carboxylic acids is 1. The summed E-state index contributed by atoms with van der Waals surface area (Å²) in [7, 11) is 3.12. The van der Waals surface area contributed by atoms with Gasteiger partial charge in [0.2, 0.25) is 11.7 Å². The molecule has 2 amide bonds. The van der Waals surface area contributed by atoms with Gasteiger partial charge in [-0.2, -0.15) is 4.98 Å². The SMILES string of the molecule is COc1ccc(-c2noc(CNC(=O)Nc3ccc(C)cc3)n2)cc1OC. The van der Waals surface area contributed by atoms with Gasteiger partial charge in [-0.25, -0.2) is 4.79 Å². The number of rotatable bonds is 6. The van der Waals surface area contributed by atoms with Crippen LogP contribution >= 0.6 is 0 Å². The normalized spacial score (nSPS) is 10.3. The highest BCUT2D eigenvalue weighted by Crippen LogP contribution is 2.31. The highest BCUT2D eigenvalue weighted by atomic mass is 16.5. The molecule has 0 atom stereocenters. The van der Waals surface area contributed by atoms with E-state index in [2.05, 4.69) is 20.8 Å². The molecule has 0 unspecified atom stereocenters. The first-order valence-corrected chi connectivity index (χ1v) is 8.25. The molecule has 8 nitrogen and oxygen atoms in total. The van der Waals surface area contributed by atoms with E-state index in [4.69, 9.17) is 14.0 Å². The van der Waals surface area contributed by atoms with Crippen LogP contribution in [0.3, 0.4) is 0 Å². The highest BCUT2D eigenvalue weighted by molar-refractivity contribution is 5.89. The van der Waals surface area contributed by atoms with E-state index in [1.807, 2.05) is 31.2 Å². The fourth-order valence-corrected chi connectivity index (χ4v) is 2.39. The minimum absolute atomic E-state index is 0.109. The Hall–Kier alpha value is -3.55. The summed E-state index contributed by atoms with van der Waals surface area (Å²) in [5.41, 5.74) is 2.54. The summed E-state index contributed by atoms with van der Waals surface area (Å²) in [6.07, 6.45) is 0. The first kappa shape index (κ1) is 18.2. The maximum atomic E-state index is 12.0. The van der Waals surface area contributed by atoms with Gasteiger partial charge in [-0.1, -0.05) is 22.9 Å². The Morgan fingerprint density at radius 3 is 2.52 bits per heavy atom. The molecule has 0 saturated heterocycles. The van der Waals surface area contributed by atoms with Crippen LogP contribution in [-0.2, 0) is 6.54 Å². The number of hydrogen-bond acceptors (Lipinski definition) is 6. The number of ether oxygens (including phenoxy) is 2. The largest absolute Gasteiger partial charge is 0.493 e. The predicted molar refractivity (Wildman–Crippen MR) is 99.9 cm³/mol. The van der Waals surface area contributed by atoms with Crippen molar-refractivity contribution < 1.29 is 18.8 Å². The Balaban J connectivity index is 1.61. The van der Waals surface area contributed by atoms with Crippen LogP contribution in [0.5, 0.6) is 11.5 Å². The molecule has 1 aromatic heterocycles. The summed E-state index contributed by atoms with van der Waals surface area (Å²) in [5.74, 6) is 1.86. The maximum absolute atomic E-state index is 12.0. The lowest BCUT2D eigenvalue weighted by Gasteiger charge is -2.07. The molecule has 2 N–H and O–H groups in total. The Labute approximate surface area is 156 Å². The third-order valence-corrected chi connectivity index (χ3v) is 3.82. The lowest BCUT2D eigenvalue weighted by molar-refractivity contribution is 0.249. The molecule has 3 aromatic rings. The number of aromatic nitrogens is 2. The molecule has 0 radical (unpaired) electrons. The number of aryl methyl sites for hydroxylation is 1. The van der Waals surface area contributed by atoms with Crippen molar-refractivity contribution in [2.24, 2.45) is 0 Å². The Morgan fingerprint density at radius 2 is 1.81 bits per heavy atom. The van der Waals surface area contributed by atoms with Gasteiger partial charge in [0.15, 0.2) is 11.5 Å².